The molecule has 1 aliphatic heterocycles. The third kappa shape index (κ3) is 5.74. The van der Waals surface area contributed by atoms with Crippen molar-refractivity contribution in [1.29, 1.82) is 0 Å². The molecule has 140 valence electrons. The van der Waals surface area contributed by atoms with Gasteiger partial charge in [-0.25, -0.2) is 0 Å². The van der Waals surface area contributed by atoms with Gasteiger partial charge in [-0.05, 0) is 63.4 Å². The van der Waals surface area contributed by atoms with E-state index in [1.54, 1.807) is 0 Å². The van der Waals surface area contributed by atoms with Gasteiger partial charge in [0.15, 0.2) is 0 Å². The predicted octanol–water partition coefficient (Wildman–Crippen LogP) is 4.16. The molecule has 1 aromatic rings. The normalized spacial score (nSPS) is 16.6. The first-order chi connectivity index (χ1) is 12.2. The summed E-state index contributed by atoms with van der Waals surface area (Å²) in [6, 6.07) is 8.62. The molecule has 1 fully saturated rings. The Morgan fingerprint density at radius 2 is 1.72 bits per heavy atom. The number of carbonyl (C=O) groups is 1. The van der Waals surface area contributed by atoms with Crippen LogP contribution in [0.25, 0.3) is 0 Å². The van der Waals surface area contributed by atoms with Crippen molar-refractivity contribution in [2.45, 2.75) is 58.9 Å². The summed E-state index contributed by atoms with van der Waals surface area (Å²) in [5.74, 6) is 1.23. The van der Waals surface area contributed by atoms with E-state index in [1.807, 2.05) is 19.1 Å². The summed E-state index contributed by atoms with van der Waals surface area (Å²) in [5, 5.41) is 3.21. The molecule has 1 heterocycles. The van der Waals surface area contributed by atoms with Gasteiger partial charge >= 0.3 is 0 Å². The lowest BCUT2D eigenvalue weighted by molar-refractivity contribution is -0.125. The molecule has 1 N–H and O–H groups in total. The standard InChI is InChI=1S/C21H34N2O2/c1-4-17(5-2)21(24)22-16-20(23-14-8-7-9-15-23)18-10-12-19(13-11-18)25-6-3/h10-13,17,20H,4-9,14-16H2,1-3H3,(H,22,24). The number of hydrogen-bond donors (Lipinski definition) is 1. The zero-order valence-electron chi connectivity index (χ0n) is 16.1. The van der Waals surface area contributed by atoms with E-state index >= 15 is 0 Å². The number of hydrogen-bond acceptors (Lipinski definition) is 3. The molecule has 0 radical (unpaired) electrons. The van der Waals surface area contributed by atoms with Gasteiger partial charge in [0.25, 0.3) is 0 Å². The number of amides is 1. The van der Waals surface area contributed by atoms with Crippen LogP contribution in [-0.4, -0.2) is 37.0 Å². The number of piperidine rings is 1. The Morgan fingerprint density at radius 1 is 1.08 bits per heavy atom. The third-order valence-electron chi connectivity index (χ3n) is 5.23. The second kappa shape index (κ2) is 10.4. The van der Waals surface area contributed by atoms with Crippen LogP contribution >= 0.6 is 0 Å². The number of nitrogens with zero attached hydrogens (tertiary/aromatic N) is 1. The third-order valence-corrected chi connectivity index (χ3v) is 5.23. The van der Waals surface area contributed by atoms with Crippen LogP contribution in [0, 0.1) is 5.92 Å². The molecule has 1 amide bonds. The zero-order valence-corrected chi connectivity index (χ0v) is 16.1. The smallest absolute Gasteiger partial charge is 0.223 e. The highest BCUT2D eigenvalue weighted by atomic mass is 16.5. The lowest BCUT2D eigenvalue weighted by Crippen LogP contribution is -2.42. The minimum atomic E-state index is 0.127. The molecular formula is C21H34N2O2. The fourth-order valence-corrected chi connectivity index (χ4v) is 3.64. The Morgan fingerprint density at radius 3 is 2.28 bits per heavy atom. The molecule has 25 heavy (non-hydrogen) atoms. The highest BCUT2D eigenvalue weighted by Crippen LogP contribution is 2.26. The van der Waals surface area contributed by atoms with Crippen molar-refractivity contribution in [2.24, 2.45) is 5.92 Å². The van der Waals surface area contributed by atoms with Crippen LogP contribution in [0.15, 0.2) is 24.3 Å². The summed E-state index contributed by atoms with van der Waals surface area (Å²) in [4.78, 5) is 14.9. The summed E-state index contributed by atoms with van der Waals surface area (Å²) in [5.41, 5.74) is 1.26. The van der Waals surface area contributed by atoms with Gasteiger partial charge in [0.1, 0.15) is 5.75 Å². The number of benzene rings is 1. The molecule has 4 heteroatoms. The van der Waals surface area contributed by atoms with Crippen molar-refractivity contribution in [2.75, 3.05) is 26.2 Å². The fourth-order valence-electron chi connectivity index (χ4n) is 3.64. The number of rotatable bonds is 9. The monoisotopic (exact) mass is 346 g/mol. The highest BCUT2D eigenvalue weighted by Gasteiger charge is 2.24. The number of likely N-dealkylation sites (tertiary alicyclic amines) is 1. The van der Waals surface area contributed by atoms with Gasteiger partial charge in [-0.15, -0.1) is 0 Å². The van der Waals surface area contributed by atoms with Crippen molar-refractivity contribution < 1.29 is 9.53 Å². The summed E-state index contributed by atoms with van der Waals surface area (Å²) in [6.07, 6.45) is 5.61. The number of carbonyl (C=O) groups excluding carboxylic acids is 1. The molecule has 4 nitrogen and oxygen atoms in total. The second-order valence-corrected chi connectivity index (χ2v) is 6.87. The Labute approximate surface area is 152 Å². The lowest BCUT2D eigenvalue weighted by Gasteiger charge is -2.35. The van der Waals surface area contributed by atoms with E-state index < -0.39 is 0 Å². The summed E-state index contributed by atoms with van der Waals surface area (Å²) >= 11 is 0. The van der Waals surface area contributed by atoms with Gasteiger partial charge in [-0.1, -0.05) is 32.4 Å². The molecule has 1 aromatic carbocycles. The van der Waals surface area contributed by atoms with Crippen LogP contribution in [0.4, 0.5) is 0 Å². The molecule has 1 aliphatic rings. The average Bonchev–Trinajstić information content (AvgIpc) is 2.65. The van der Waals surface area contributed by atoms with E-state index in [1.165, 1.54) is 24.8 Å². The van der Waals surface area contributed by atoms with Crippen LogP contribution in [-0.2, 0) is 4.79 Å². The molecule has 1 unspecified atom stereocenters. The minimum Gasteiger partial charge on any atom is -0.494 e. The maximum Gasteiger partial charge on any atom is 0.223 e. The molecule has 0 bridgehead atoms. The summed E-state index contributed by atoms with van der Waals surface area (Å²) < 4.78 is 5.56. The minimum absolute atomic E-state index is 0.127. The maximum absolute atomic E-state index is 12.4. The van der Waals surface area contributed by atoms with Crippen LogP contribution in [0.5, 0.6) is 5.75 Å². The molecule has 0 spiro atoms. The summed E-state index contributed by atoms with van der Waals surface area (Å²) in [7, 11) is 0. The van der Waals surface area contributed by atoms with Gasteiger partial charge in [-0.2, -0.15) is 0 Å². The van der Waals surface area contributed by atoms with Crippen LogP contribution in [0.1, 0.15) is 64.5 Å². The Hall–Kier alpha value is -1.55. The largest absolute Gasteiger partial charge is 0.494 e. The topological polar surface area (TPSA) is 41.6 Å². The van der Waals surface area contributed by atoms with Crippen LogP contribution in [0.2, 0.25) is 0 Å². The SMILES string of the molecule is CCOc1ccc(C(CNC(=O)C(CC)CC)N2CCCCC2)cc1. The van der Waals surface area contributed by atoms with Gasteiger partial charge in [0, 0.05) is 12.5 Å². The first kappa shape index (κ1) is 19.8. The van der Waals surface area contributed by atoms with E-state index in [-0.39, 0.29) is 17.9 Å². The van der Waals surface area contributed by atoms with Crippen LogP contribution in [0.3, 0.4) is 0 Å². The molecule has 0 saturated carbocycles. The van der Waals surface area contributed by atoms with Crippen LogP contribution < -0.4 is 10.1 Å². The first-order valence-corrected chi connectivity index (χ1v) is 9.94. The van der Waals surface area contributed by atoms with E-state index in [0.717, 1.165) is 31.7 Å². The number of nitrogens with one attached hydrogen (secondary N) is 1. The van der Waals surface area contributed by atoms with E-state index in [4.69, 9.17) is 4.74 Å². The quantitative estimate of drug-likeness (QED) is 0.730. The molecular weight excluding hydrogens is 312 g/mol. The molecule has 1 saturated heterocycles. The average molecular weight is 347 g/mol. The maximum atomic E-state index is 12.4. The Balaban J connectivity index is 2.08. The Kier molecular flexibility index (Phi) is 8.26. The molecule has 0 aromatic heterocycles. The van der Waals surface area contributed by atoms with Crippen molar-refractivity contribution in [1.82, 2.24) is 10.2 Å². The highest BCUT2D eigenvalue weighted by molar-refractivity contribution is 5.78. The van der Waals surface area contributed by atoms with Gasteiger partial charge in [0.2, 0.25) is 5.91 Å². The van der Waals surface area contributed by atoms with Crippen molar-refractivity contribution in [3.63, 3.8) is 0 Å². The number of ether oxygens (including phenoxy) is 1. The molecule has 1 atom stereocenters. The molecule has 2 rings (SSSR count). The van der Waals surface area contributed by atoms with Gasteiger partial charge in [0.05, 0.1) is 12.6 Å². The summed E-state index contributed by atoms with van der Waals surface area (Å²) in [6.45, 7) is 9.75. The van der Waals surface area contributed by atoms with E-state index in [2.05, 4.69) is 36.2 Å². The lowest BCUT2D eigenvalue weighted by atomic mass is 10.00. The van der Waals surface area contributed by atoms with E-state index in [9.17, 15) is 4.79 Å². The molecule has 0 aliphatic carbocycles. The van der Waals surface area contributed by atoms with Crippen molar-refractivity contribution >= 4 is 5.91 Å². The first-order valence-electron chi connectivity index (χ1n) is 9.94. The van der Waals surface area contributed by atoms with Gasteiger partial charge in [-0.3, -0.25) is 9.69 Å². The van der Waals surface area contributed by atoms with Crippen molar-refractivity contribution in [3.8, 4) is 5.75 Å². The fraction of sp³-hybridized carbons (Fsp3) is 0.667. The second-order valence-electron chi connectivity index (χ2n) is 6.87. The van der Waals surface area contributed by atoms with E-state index in [0.29, 0.717) is 13.2 Å². The predicted molar refractivity (Wildman–Crippen MR) is 103 cm³/mol. The zero-order chi connectivity index (χ0) is 18.1. The Bertz CT molecular complexity index is 505. The van der Waals surface area contributed by atoms with Gasteiger partial charge < -0.3 is 10.1 Å². The van der Waals surface area contributed by atoms with Crippen molar-refractivity contribution in [3.05, 3.63) is 29.8 Å².